The van der Waals surface area contributed by atoms with Crippen molar-refractivity contribution in [2.24, 2.45) is 5.41 Å². The highest BCUT2D eigenvalue weighted by Gasteiger charge is 2.25. The van der Waals surface area contributed by atoms with E-state index in [9.17, 15) is 0 Å². The summed E-state index contributed by atoms with van der Waals surface area (Å²) in [5.41, 5.74) is 1.21. The molecule has 0 aliphatic carbocycles. The predicted molar refractivity (Wildman–Crippen MR) is 80.6 cm³/mol. The first-order valence-electron chi connectivity index (χ1n) is 6.28. The molecule has 2 aromatic rings. The van der Waals surface area contributed by atoms with Crippen LogP contribution in [0.1, 0.15) is 26.7 Å². The van der Waals surface area contributed by atoms with E-state index in [0.717, 1.165) is 35.2 Å². The molecule has 5 heteroatoms. The van der Waals surface area contributed by atoms with Gasteiger partial charge in [-0.25, -0.2) is 0 Å². The molecule has 0 aliphatic rings. The van der Waals surface area contributed by atoms with Gasteiger partial charge in [0.25, 0.3) is 0 Å². The lowest BCUT2D eigenvalue weighted by molar-refractivity contribution is 0.357. The van der Waals surface area contributed by atoms with Gasteiger partial charge in [-0.2, -0.15) is 12.6 Å². The molecule has 0 saturated heterocycles. The van der Waals surface area contributed by atoms with Crippen LogP contribution in [0.5, 0.6) is 0 Å². The summed E-state index contributed by atoms with van der Waals surface area (Å²) in [5.74, 6) is 1.96. The number of pyridine rings is 1. The SMILES string of the molecule is CCC(CC)(CS)CSc1nnc2ccccn12. The molecule has 0 fully saturated rings. The molecule has 0 bridgehead atoms. The van der Waals surface area contributed by atoms with Crippen molar-refractivity contribution in [3.63, 3.8) is 0 Å². The summed E-state index contributed by atoms with van der Waals surface area (Å²) in [7, 11) is 0. The molecule has 0 atom stereocenters. The number of hydrogen-bond acceptors (Lipinski definition) is 4. The molecule has 0 amide bonds. The van der Waals surface area contributed by atoms with Crippen LogP contribution in [0.2, 0.25) is 0 Å². The Bertz CT molecular complexity index is 497. The molecule has 0 saturated carbocycles. The summed E-state index contributed by atoms with van der Waals surface area (Å²) in [6.45, 7) is 4.48. The standard InChI is InChI=1S/C13H19N3S2/c1-3-13(4-2,9-17)10-18-12-15-14-11-7-5-6-8-16(11)12/h5-8,17H,3-4,9-10H2,1-2H3. The molecule has 0 spiro atoms. The molecule has 0 N–H and O–H groups in total. The minimum absolute atomic E-state index is 0.300. The quantitative estimate of drug-likeness (QED) is 0.648. The van der Waals surface area contributed by atoms with E-state index in [0.29, 0.717) is 5.41 Å². The highest BCUT2D eigenvalue weighted by molar-refractivity contribution is 7.99. The molecule has 2 heterocycles. The first-order chi connectivity index (χ1) is 8.74. The van der Waals surface area contributed by atoms with Crippen LogP contribution in [0.25, 0.3) is 5.65 Å². The van der Waals surface area contributed by atoms with E-state index < -0.39 is 0 Å². The van der Waals surface area contributed by atoms with Gasteiger partial charge in [0.05, 0.1) is 0 Å². The van der Waals surface area contributed by atoms with Gasteiger partial charge >= 0.3 is 0 Å². The van der Waals surface area contributed by atoms with Crippen molar-refractivity contribution < 1.29 is 0 Å². The van der Waals surface area contributed by atoms with Crippen LogP contribution in [0, 0.1) is 5.41 Å². The number of rotatable bonds is 6. The lowest BCUT2D eigenvalue weighted by atomic mass is 9.87. The third-order valence-electron chi connectivity index (χ3n) is 3.63. The van der Waals surface area contributed by atoms with E-state index in [1.165, 1.54) is 0 Å². The van der Waals surface area contributed by atoms with Crippen molar-refractivity contribution in [1.29, 1.82) is 0 Å². The van der Waals surface area contributed by atoms with Crippen LogP contribution in [-0.4, -0.2) is 26.1 Å². The second-order valence-electron chi connectivity index (χ2n) is 4.57. The Kier molecular flexibility index (Phi) is 4.56. The zero-order chi connectivity index (χ0) is 13.0. The second-order valence-corrected chi connectivity index (χ2v) is 5.82. The number of nitrogens with zero attached hydrogens (tertiary/aromatic N) is 3. The van der Waals surface area contributed by atoms with Crippen LogP contribution >= 0.6 is 24.4 Å². The highest BCUT2D eigenvalue weighted by atomic mass is 32.2. The van der Waals surface area contributed by atoms with Gasteiger partial charge in [-0.1, -0.05) is 31.7 Å². The molecule has 0 radical (unpaired) electrons. The van der Waals surface area contributed by atoms with E-state index in [4.69, 9.17) is 0 Å². The van der Waals surface area contributed by atoms with Crippen molar-refractivity contribution >= 4 is 30.0 Å². The van der Waals surface area contributed by atoms with Crippen LogP contribution in [0.3, 0.4) is 0 Å². The summed E-state index contributed by atoms with van der Waals surface area (Å²) in [4.78, 5) is 0. The fraction of sp³-hybridized carbons (Fsp3) is 0.538. The van der Waals surface area contributed by atoms with Crippen LogP contribution < -0.4 is 0 Å². The monoisotopic (exact) mass is 281 g/mol. The molecular weight excluding hydrogens is 262 g/mol. The van der Waals surface area contributed by atoms with Gasteiger partial charge in [0.15, 0.2) is 10.8 Å². The number of thioether (sulfide) groups is 1. The fourth-order valence-corrected chi connectivity index (χ4v) is 3.91. The Labute approximate surface area is 118 Å². The van der Waals surface area contributed by atoms with E-state index in [1.54, 1.807) is 11.8 Å². The lowest BCUT2D eigenvalue weighted by Crippen LogP contribution is -2.24. The molecular formula is C13H19N3S2. The van der Waals surface area contributed by atoms with Crippen molar-refractivity contribution in [2.75, 3.05) is 11.5 Å². The average molecular weight is 281 g/mol. The third kappa shape index (κ3) is 2.67. The largest absolute Gasteiger partial charge is 0.277 e. The number of fused-ring (bicyclic) bond motifs is 1. The van der Waals surface area contributed by atoms with Crippen molar-refractivity contribution in [1.82, 2.24) is 14.6 Å². The molecule has 98 valence electrons. The lowest BCUT2D eigenvalue weighted by Gasteiger charge is -2.28. The Morgan fingerprint density at radius 3 is 2.72 bits per heavy atom. The topological polar surface area (TPSA) is 30.2 Å². The minimum atomic E-state index is 0.300. The van der Waals surface area contributed by atoms with Crippen molar-refractivity contribution in [3.8, 4) is 0 Å². The average Bonchev–Trinajstić information content (AvgIpc) is 2.85. The summed E-state index contributed by atoms with van der Waals surface area (Å²) < 4.78 is 2.04. The third-order valence-corrected chi connectivity index (χ3v) is 5.59. The Morgan fingerprint density at radius 1 is 1.28 bits per heavy atom. The summed E-state index contributed by atoms with van der Waals surface area (Å²) >= 11 is 6.29. The first-order valence-corrected chi connectivity index (χ1v) is 7.90. The van der Waals surface area contributed by atoms with Gasteiger partial charge in [0.2, 0.25) is 0 Å². The minimum Gasteiger partial charge on any atom is -0.277 e. The van der Waals surface area contributed by atoms with Crippen molar-refractivity contribution in [2.45, 2.75) is 31.8 Å². The van der Waals surface area contributed by atoms with Gasteiger partial charge in [0, 0.05) is 11.9 Å². The van der Waals surface area contributed by atoms with Gasteiger partial charge in [-0.3, -0.25) is 4.40 Å². The normalized spacial score (nSPS) is 12.2. The molecule has 0 aromatic carbocycles. The van der Waals surface area contributed by atoms with Crippen LogP contribution in [-0.2, 0) is 0 Å². The van der Waals surface area contributed by atoms with E-state index in [1.807, 2.05) is 28.8 Å². The molecule has 0 unspecified atom stereocenters. The van der Waals surface area contributed by atoms with E-state index >= 15 is 0 Å². The fourth-order valence-electron chi connectivity index (χ4n) is 1.86. The zero-order valence-corrected chi connectivity index (χ0v) is 12.5. The molecule has 2 aromatic heterocycles. The first kappa shape index (κ1) is 13.7. The van der Waals surface area contributed by atoms with Crippen LogP contribution in [0.15, 0.2) is 29.6 Å². The van der Waals surface area contributed by atoms with Gasteiger partial charge in [-0.05, 0) is 36.1 Å². The molecule has 3 nitrogen and oxygen atoms in total. The Morgan fingerprint density at radius 2 is 2.06 bits per heavy atom. The summed E-state index contributed by atoms with van der Waals surface area (Å²) in [6, 6.07) is 5.96. The number of thiol groups is 1. The summed E-state index contributed by atoms with van der Waals surface area (Å²) in [6.07, 6.45) is 4.31. The maximum Gasteiger partial charge on any atom is 0.195 e. The molecule has 2 rings (SSSR count). The van der Waals surface area contributed by atoms with E-state index in [-0.39, 0.29) is 0 Å². The molecule has 0 aliphatic heterocycles. The maximum absolute atomic E-state index is 4.51. The number of hydrogen-bond donors (Lipinski definition) is 1. The number of aromatic nitrogens is 3. The zero-order valence-electron chi connectivity index (χ0n) is 10.8. The smallest absolute Gasteiger partial charge is 0.195 e. The Balaban J connectivity index is 2.14. The Hall–Kier alpha value is -0.680. The van der Waals surface area contributed by atoms with Gasteiger partial charge < -0.3 is 0 Å². The molecule has 18 heavy (non-hydrogen) atoms. The summed E-state index contributed by atoms with van der Waals surface area (Å²) in [5, 5.41) is 9.39. The maximum atomic E-state index is 4.51. The van der Waals surface area contributed by atoms with Gasteiger partial charge in [0.1, 0.15) is 0 Å². The second kappa shape index (κ2) is 5.97. The van der Waals surface area contributed by atoms with Gasteiger partial charge in [-0.15, -0.1) is 10.2 Å². The van der Waals surface area contributed by atoms with Crippen LogP contribution in [0.4, 0.5) is 0 Å². The predicted octanol–water partition coefficient (Wildman–Crippen LogP) is 3.56. The highest BCUT2D eigenvalue weighted by Crippen LogP contribution is 2.34. The van der Waals surface area contributed by atoms with E-state index in [2.05, 4.69) is 36.7 Å². The van der Waals surface area contributed by atoms with Crippen molar-refractivity contribution in [3.05, 3.63) is 24.4 Å².